The van der Waals surface area contributed by atoms with Crippen LogP contribution < -0.4 is 0 Å². The lowest BCUT2D eigenvalue weighted by Gasteiger charge is -2.07. The first-order valence-electron chi connectivity index (χ1n) is 4.09. The molecule has 16 heavy (non-hydrogen) atoms. The van der Waals surface area contributed by atoms with Gasteiger partial charge in [0.1, 0.15) is 0 Å². The minimum absolute atomic E-state index is 0.201. The lowest BCUT2D eigenvalue weighted by molar-refractivity contribution is 0.480. The van der Waals surface area contributed by atoms with E-state index in [1.165, 1.54) is 19.9 Å². The summed E-state index contributed by atoms with van der Waals surface area (Å²) in [6.07, 6.45) is 0. The first-order valence-corrected chi connectivity index (χ1v) is 6.97. The molecule has 0 atom stereocenters. The second kappa shape index (κ2) is 3.81. The lowest BCUT2D eigenvalue weighted by Crippen LogP contribution is -2.07. The molecule has 0 spiro atoms. The second-order valence-corrected chi connectivity index (χ2v) is 6.11. The van der Waals surface area contributed by atoms with Crippen LogP contribution in [0.25, 0.3) is 0 Å². The highest BCUT2D eigenvalue weighted by atomic mass is 32.2. The summed E-state index contributed by atoms with van der Waals surface area (Å²) in [5.74, 6) is 0. The maximum Gasteiger partial charge on any atom is 0.294 e. The fraction of sp³-hybridized carbons (Fsp3) is 0.250. The van der Waals surface area contributed by atoms with Crippen LogP contribution in [0.2, 0.25) is 0 Å². The zero-order valence-corrected chi connectivity index (χ0v) is 10.1. The molecule has 0 bridgehead atoms. The van der Waals surface area contributed by atoms with Crippen molar-refractivity contribution in [1.82, 2.24) is 0 Å². The number of hydrogen-bond donors (Lipinski definition) is 2. The molecule has 0 aliphatic rings. The number of rotatable bonds is 2. The zero-order valence-electron chi connectivity index (χ0n) is 8.50. The topological polar surface area (TPSA) is 109 Å². The van der Waals surface area contributed by atoms with Gasteiger partial charge in [-0.3, -0.25) is 9.11 Å². The Kier molecular flexibility index (Phi) is 3.12. The molecule has 0 saturated heterocycles. The van der Waals surface area contributed by atoms with E-state index in [9.17, 15) is 16.8 Å². The molecule has 0 aliphatic carbocycles. The zero-order chi connectivity index (χ0) is 12.7. The van der Waals surface area contributed by atoms with Crippen molar-refractivity contribution in [3.63, 3.8) is 0 Å². The molecule has 0 amide bonds. The lowest BCUT2D eigenvalue weighted by atomic mass is 10.2. The van der Waals surface area contributed by atoms with E-state index in [0.29, 0.717) is 0 Å². The highest BCUT2D eigenvalue weighted by molar-refractivity contribution is 7.86. The van der Waals surface area contributed by atoms with Crippen LogP contribution in [0.5, 0.6) is 0 Å². The van der Waals surface area contributed by atoms with Gasteiger partial charge in [-0.05, 0) is 31.0 Å². The average molecular weight is 266 g/mol. The molecule has 0 saturated carbocycles. The molecule has 1 rings (SSSR count). The summed E-state index contributed by atoms with van der Waals surface area (Å²) in [6.45, 7) is 2.81. The molecule has 2 N–H and O–H groups in total. The van der Waals surface area contributed by atoms with Crippen LogP contribution >= 0.6 is 0 Å². The highest BCUT2D eigenvalue weighted by Crippen LogP contribution is 2.23. The molecule has 90 valence electrons. The monoisotopic (exact) mass is 266 g/mol. The summed E-state index contributed by atoms with van der Waals surface area (Å²) in [7, 11) is -9.02. The number of aryl methyl sites for hydroxylation is 2. The van der Waals surface area contributed by atoms with Crippen LogP contribution in [0, 0.1) is 13.8 Å². The predicted molar refractivity (Wildman–Crippen MR) is 55.5 cm³/mol. The molecule has 0 heterocycles. The Bertz CT molecular complexity index is 573. The maximum absolute atomic E-state index is 10.9. The van der Waals surface area contributed by atoms with E-state index in [0.717, 1.165) is 6.07 Å². The third-order valence-electron chi connectivity index (χ3n) is 2.03. The van der Waals surface area contributed by atoms with Gasteiger partial charge in [0.05, 0.1) is 9.79 Å². The van der Waals surface area contributed by atoms with Crippen LogP contribution in [-0.4, -0.2) is 25.9 Å². The van der Waals surface area contributed by atoms with Crippen LogP contribution in [0.15, 0.2) is 21.9 Å². The molecule has 1 aromatic rings. The van der Waals surface area contributed by atoms with E-state index < -0.39 is 30.0 Å². The molecule has 0 aliphatic heterocycles. The first-order chi connectivity index (χ1) is 7.03. The van der Waals surface area contributed by atoms with Crippen LogP contribution in [0.1, 0.15) is 11.1 Å². The van der Waals surface area contributed by atoms with Crippen molar-refractivity contribution < 1.29 is 25.9 Å². The van der Waals surface area contributed by atoms with Gasteiger partial charge in [-0.25, -0.2) is 0 Å². The van der Waals surface area contributed by atoms with Crippen molar-refractivity contribution in [2.24, 2.45) is 0 Å². The maximum atomic E-state index is 10.9. The first kappa shape index (κ1) is 13.1. The predicted octanol–water partition coefficient (Wildman–Crippen LogP) is 0.797. The van der Waals surface area contributed by atoms with Crippen LogP contribution in [0.3, 0.4) is 0 Å². The largest absolute Gasteiger partial charge is 0.294 e. The normalized spacial score (nSPS) is 12.8. The SMILES string of the molecule is Cc1cc(C)c(S(=O)(=O)O)cc1S(=O)(=O)O. The van der Waals surface area contributed by atoms with Crippen molar-refractivity contribution in [2.75, 3.05) is 0 Å². The molecule has 0 aromatic heterocycles. The Morgan fingerprint density at radius 1 is 0.812 bits per heavy atom. The standard InChI is InChI=1S/C8H10O6S2/c1-5-3-6(2)8(16(12,13)14)4-7(5)15(9,10)11/h3-4H,1-2H3,(H,9,10,11)(H,12,13,14). The van der Waals surface area contributed by atoms with Gasteiger partial charge in [-0.2, -0.15) is 16.8 Å². The highest BCUT2D eigenvalue weighted by Gasteiger charge is 2.20. The molecule has 6 nitrogen and oxygen atoms in total. The smallest absolute Gasteiger partial charge is 0.282 e. The molecule has 1 aromatic carbocycles. The number of hydrogen-bond acceptors (Lipinski definition) is 4. The van der Waals surface area contributed by atoms with Crippen molar-refractivity contribution in [3.8, 4) is 0 Å². The van der Waals surface area contributed by atoms with E-state index in [-0.39, 0.29) is 11.1 Å². The second-order valence-electron chi connectivity index (χ2n) is 3.33. The van der Waals surface area contributed by atoms with Gasteiger partial charge in [0, 0.05) is 0 Å². The van der Waals surface area contributed by atoms with Gasteiger partial charge >= 0.3 is 0 Å². The Morgan fingerprint density at radius 2 is 1.12 bits per heavy atom. The fourth-order valence-corrected chi connectivity index (χ4v) is 2.91. The molecule has 0 fully saturated rings. The van der Waals surface area contributed by atoms with E-state index in [4.69, 9.17) is 9.11 Å². The van der Waals surface area contributed by atoms with Crippen molar-refractivity contribution in [1.29, 1.82) is 0 Å². The Balaban J connectivity index is 3.72. The Labute approximate surface area is 93.4 Å². The number of benzene rings is 1. The summed E-state index contributed by atoms with van der Waals surface area (Å²) in [4.78, 5) is -1.07. The van der Waals surface area contributed by atoms with Crippen molar-refractivity contribution in [2.45, 2.75) is 23.6 Å². The molecule has 0 radical (unpaired) electrons. The van der Waals surface area contributed by atoms with Gasteiger partial charge in [0.15, 0.2) is 0 Å². The van der Waals surface area contributed by atoms with E-state index in [1.54, 1.807) is 0 Å². The van der Waals surface area contributed by atoms with Gasteiger partial charge in [-0.1, -0.05) is 6.07 Å². The quantitative estimate of drug-likeness (QED) is 0.766. The summed E-state index contributed by atoms with van der Waals surface area (Å²) in [5, 5.41) is 0. The van der Waals surface area contributed by atoms with Gasteiger partial charge in [0.25, 0.3) is 20.2 Å². The fourth-order valence-electron chi connectivity index (χ4n) is 1.37. The molecular formula is C8H10O6S2. The van der Waals surface area contributed by atoms with Crippen molar-refractivity contribution >= 4 is 20.2 Å². The molecule has 8 heteroatoms. The summed E-state index contributed by atoms with van der Waals surface area (Å²) in [5.41, 5.74) is 0.403. The summed E-state index contributed by atoms with van der Waals surface area (Å²) in [6, 6.07) is 1.99. The minimum Gasteiger partial charge on any atom is -0.282 e. The average Bonchev–Trinajstić information content (AvgIpc) is 1.97. The van der Waals surface area contributed by atoms with Crippen LogP contribution in [0.4, 0.5) is 0 Å². The molecular weight excluding hydrogens is 256 g/mol. The van der Waals surface area contributed by atoms with Gasteiger partial charge in [0.2, 0.25) is 0 Å². The molecule has 0 unspecified atom stereocenters. The summed E-state index contributed by atoms with van der Waals surface area (Å²) >= 11 is 0. The van der Waals surface area contributed by atoms with Gasteiger partial charge in [-0.15, -0.1) is 0 Å². The Hall–Kier alpha value is -0.960. The Morgan fingerprint density at radius 3 is 1.38 bits per heavy atom. The summed E-state index contributed by atoms with van der Waals surface area (Å²) < 4.78 is 61.4. The van der Waals surface area contributed by atoms with Crippen molar-refractivity contribution in [3.05, 3.63) is 23.3 Å². The van der Waals surface area contributed by atoms with E-state index in [1.807, 2.05) is 0 Å². The van der Waals surface area contributed by atoms with E-state index >= 15 is 0 Å². The van der Waals surface area contributed by atoms with Crippen LogP contribution in [-0.2, 0) is 20.2 Å². The minimum atomic E-state index is -4.51. The third kappa shape index (κ3) is 2.59. The van der Waals surface area contributed by atoms with E-state index in [2.05, 4.69) is 0 Å². The third-order valence-corrected chi connectivity index (χ3v) is 4.02. The van der Waals surface area contributed by atoms with Gasteiger partial charge < -0.3 is 0 Å².